The quantitative estimate of drug-likeness (QED) is 0.357. The van der Waals surface area contributed by atoms with Crippen molar-refractivity contribution in [1.82, 2.24) is 14.3 Å². The average Bonchev–Trinajstić information content (AvgIpc) is 2.81. The summed E-state index contributed by atoms with van der Waals surface area (Å²) in [5, 5.41) is 1.44. The molecule has 2 aromatic carbocycles. The highest BCUT2D eigenvalue weighted by Gasteiger charge is 2.29. The molecule has 4 aromatic rings. The van der Waals surface area contributed by atoms with Crippen LogP contribution in [0, 0.1) is 12.7 Å². The fraction of sp³-hybridized carbons (Fsp3) is 0.286. The van der Waals surface area contributed by atoms with Crippen molar-refractivity contribution in [3.63, 3.8) is 0 Å². The fourth-order valence-electron chi connectivity index (χ4n) is 4.06. The fourth-order valence-corrected chi connectivity index (χ4v) is 4.86. The van der Waals surface area contributed by atoms with E-state index >= 15 is 0 Å². The zero-order valence-corrected chi connectivity index (χ0v) is 21.7. The van der Waals surface area contributed by atoms with Crippen LogP contribution in [-0.4, -0.2) is 18.9 Å². The van der Waals surface area contributed by atoms with Crippen LogP contribution in [0.4, 0.5) is 4.39 Å². The van der Waals surface area contributed by atoms with Gasteiger partial charge in [-0.1, -0.05) is 6.07 Å². The van der Waals surface area contributed by atoms with Crippen LogP contribution in [0.1, 0.15) is 44.9 Å². The van der Waals surface area contributed by atoms with Crippen molar-refractivity contribution in [2.45, 2.75) is 45.4 Å². The molecule has 2 aromatic heterocycles. The standard InChI is InChI=1S/C28H30FN3O2S/c1-17-13-22(18(2)31-35(34)28(3,4)5)23-15-26(32(6)27(33)24(23)14-17)20-9-12-25(30-16-20)19-7-10-21(29)11-8-19/h7-16,18,31H,1-6H3/t18-,35-/m1/s1. The van der Waals surface area contributed by atoms with Gasteiger partial charge in [0.25, 0.3) is 5.56 Å². The number of rotatable bonds is 5. The summed E-state index contributed by atoms with van der Waals surface area (Å²) in [5.74, 6) is -0.294. The van der Waals surface area contributed by atoms with Crippen molar-refractivity contribution < 1.29 is 8.94 Å². The molecular weight excluding hydrogens is 461 g/mol. The Hall–Kier alpha value is -3.00. The highest BCUT2D eigenvalue weighted by molar-refractivity contribution is 7.90. The lowest BCUT2D eigenvalue weighted by Crippen LogP contribution is -2.40. The Morgan fingerprint density at radius 1 is 1.03 bits per heavy atom. The number of nitrogens with zero attached hydrogens (tertiary/aromatic N) is 2. The van der Waals surface area contributed by atoms with Crippen LogP contribution in [0.25, 0.3) is 33.3 Å². The molecule has 0 saturated carbocycles. The topological polar surface area (TPSA) is 70.0 Å². The molecule has 1 N–H and O–H groups in total. The summed E-state index contributed by atoms with van der Waals surface area (Å²) >= 11 is -1.26. The van der Waals surface area contributed by atoms with E-state index in [9.17, 15) is 13.7 Å². The summed E-state index contributed by atoms with van der Waals surface area (Å²) in [6.45, 7) is 9.70. The second-order valence-electron chi connectivity index (χ2n) is 9.87. The molecule has 0 unspecified atom stereocenters. The van der Waals surface area contributed by atoms with E-state index in [1.165, 1.54) is 12.1 Å². The lowest BCUT2D eigenvalue weighted by atomic mass is 9.96. The van der Waals surface area contributed by atoms with E-state index in [1.54, 1.807) is 29.9 Å². The molecule has 7 heteroatoms. The van der Waals surface area contributed by atoms with Crippen molar-refractivity contribution in [2.24, 2.45) is 7.05 Å². The van der Waals surface area contributed by atoms with Crippen LogP contribution >= 0.6 is 0 Å². The van der Waals surface area contributed by atoms with Gasteiger partial charge in [0.2, 0.25) is 0 Å². The van der Waals surface area contributed by atoms with Gasteiger partial charge in [-0.15, -0.1) is 4.72 Å². The maximum absolute atomic E-state index is 13.4. The first-order valence-electron chi connectivity index (χ1n) is 11.5. The van der Waals surface area contributed by atoms with Crippen molar-refractivity contribution in [3.8, 4) is 22.5 Å². The molecule has 0 amide bonds. The molecule has 2 atom stereocenters. The lowest BCUT2D eigenvalue weighted by Gasteiger charge is -2.27. The van der Waals surface area contributed by atoms with E-state index in [0.29, 0.717) is 5.39 Å². The second-order valence-corrected chi connectivity index (χ2v) is 11.9. The summed E-state index contributed by atoms with van der Waals surface area (Å²) in [7, 11) is 1.75. The van der Waals surface area contributed by atoms with E-state index in [2.05, 4.69) is 9.71 Å². The summed E-state index contributed by atoms with van der Waals surface area (Å²) in [5.41, 5.74) is 4.85. The third kappa shape index (κ3) is 5.17. The monoisotopic (exact) mass is 491 g/mol. The minimum atomic E-state index is -1.26. The molecule has 0 fully saturated rings. The molecule has 5 nitrogen and oxygen atoms in total. The van der Waals surface area contributed by atoms with E-state index in [4.69, 9.17) is 0 Å². The Morgan fingerprint density at radius 3 is 2.29 bits per heavy atom. The van der Waals surface area contributed by atoms with Crippen LogP contribution < -0.4 is 10.3 Å². The molecule has 0 bridgehead atoms. The van der Waals surface area contributed by atoms with Gasteiger partial charge in [0.15, 0.2) is 0 Å². The van der Waals surface area contributed by atoms with Crippen LogP contribution in [-0.2, 0) is 18.4 Å². The summed E-state index contributed by atoms with van der Waals surface area (Å²) in [6.07, 6.45) is 1.73. The molecule has 0 saturated heterocycles. The lowest BCUT2D eigenvalue weighted by molar-refractivity contribution is 0.532. The summed E-state index contributed by atoms with van der Waals surface area (Å²) in [6, 6.07) is 15.7. The van der Waals surface area contributed by atoms with Crippen molar-refractivity contribution >= 4 is 22.1 Å². The number of nitrogens with one attached hydrogen (secondary N) is 1. The van der Waals surface area contributed by atoms with Gasteiger partial charge in [-0.05, 0) is 99.7 Å². The van der Waals surface area contributed by atoms with Gasteiger partial charge in [0.1, 0.15) is 10.6 Å². The van der Waals surface area contributed by atoms with Gasteiger partial charge in [0, 0.05) is 41.1 Å². The number of fused-ring (bicyclic) bond motifs is 1. The molecule has 0 radical (unpaired) electrons. The first kappa shape index (κ1) is 25.1. The van der Waals surface area contributed by atoms with Crippen molar-refractivity contribution in [1.29, 1.82) is 0 Å². The van der Waals surface area contributed by atoms with Crippen LogP contribution in [0.2, 0.25) is 0 Å². The molecule has 0 aliphatic heterocycles. The Morgan fingerprint density at radius 2 is 1.69 bits per heavy atom. The predicted octanol–water partition coefficient (Wildman–Crippen LogP) is 5.83. The summed E-state index contributed by atoms with van der Waals surface area (Å²) < 4.78 is 30.4. The number of benzene rings is 2. The highest BCUT2D eigenvalue weighted by atomic mass is 32.2. The number of aryl methyl sites for hydroxylation is 1. The molecule has 4 rings (SSSR count). The number of aromatic nitrogens is 2. The minimum absolute atomic E-state index is 0.103. The smallest absolute Gasteiger partial charge is 0.258 e. The first-order valence-corrected chi connectivity index (χ1v) is 12.7. The molecule has 35 heavy (non-hydrogen) atoms. The van der Waals surface area contributed by atoms with Gasteiger partial charge >= 0.3 is 0 Å². The zero-order chi connectivity index (χ0) is 25.5. The predicted molar refractivity (Wildman–Crippen MR) is 142 cm³/mol. The maximum Gasteiger partial charge on any atom is 0.258 e. The maximum atomic E-state index is 13.4. The zero-order valence-electron chi connectivity index (χ0n) is 20.8. The van der Waals surface area contributed by atoms with Gasteiger partial charge in [0.05, 0.1) is 17.4 Å². The molecular formula is C28H30FN3O2S. The van der Waals surface area contributed by atoms with Crippen molar-refractivity contribution in [3.05, 3.63) is 88.1 Å². The summed E-state index contributed by atoms with van der Waals surface area (Å²) in [4.78, 5) is 17.9. The second kappa shape index (κ2) is 9.57. The Bertz CT molecular complexity index is 1420. The van der Waals surface area contributed by atoms with Gasteiger partial charge in [-0.3, -0.25) is 9.78 Å². The van der Waals surface area contributed by atoms with Crippen molar-refractivity contribution in [2.75, 3.05) is 0 Å². The Labute approximate surface area is 208 Å². The highest BCUT2D eigenvalue weighted by Crippen LogP contribution is 2.30. The Kier molecular flexibility index (Phi) is 6.86. The van der Waals surface area contributed by atoms with Gasteiger partial charge in [-0.2, -0.15) is 0 Å². The molecule has 2 heterocycles. The van der Waals surface area contributed by atoms with E-state index in [-0.39, 0.29) is 17.4 Å². The largest absolute Gasteiger partial charge is 0.598 e. The van der Waals surface area contributed by atoms with E-state index in [0.717, 1.165) is 39.0 Å². The molecule has 182 valence electrons. The SMILES string of the molecule is Cc1cc([C@@H](C)N[S@+]([O-])C(C)(C)C)c2cc(-c3ccc(-c4ccc(F)cc4)nc3)n(C)c(=O)c2c1. The number of pyridine rings is 2. The number of hydrogen-bond donors (Lipinski definition) is 1. The minimum Gasteiger partial charge on any atom is -0.598 e. The third-order valence-electron chi connectivity index (χ3n) is 6.04. The molecule has 0 spiro atoms. The third-order valence-corrected chi connectivity index (χ3v) is 7.72. The Balaban J connectivity index is 1.80. The van der Waals surface area contributed by atoms with E-state index < -0.39 is 16.1 Å². The number of halogens is 1. The van der Waals surface area contributed by atoms with Crippen LogP contribution in [0.15, 0.2) is 65.6 Å². The molecule has 0 aliphatic carbocycles. The number of hydrogen-bond acceptors (Lipinski definition) is 4. The van der Waals surface area contributed by atoms with Gasteiger partial charge in [-0.25, -0.2) is 4.39 Å². The normalized spacial score (nSPS) is 13.7. The van der Waals surface area contributed by atoms with Crippen LogP contribution in [0.3, 0.4) is 0 Å². The van der Waals surface area contributed by atoms with Gasteiger partial charge < -0.3 is 9.12 Å². The first-order chi connectivity index (χ1) is 16.5. The average molecular weight is 492 g/mol. The van der Waals surface area contributed by atoms with E-state index in [1.807, 2.05) is 65.0 Å². The van der Waals surface area contributed by atoms with Crippen LogP contribution in [0.5, 0.6) is 0 Å². The molecule has 0 aliphatic rings.